The molecule has 0 spiro atoms. The maximum absolute atomic E-state index is 10.8. The number of hydrogen-bond donors (Lipinski definition) is 0. The SMILES string of the molecule is Cc1cc(C(=O)[O-])ccc1-c1cccc(C(=O)[O-])c1. The van der Waals surface area contributed by atoms with E-state index in [2.05, 4.69) is 0 Å². The normalized spacial score (nSPS) is 10.2. The molecule has 0 N–H and O–H groups in total. The third-order valence-electron chi connectivity index (χ3n) is 2.87. The highest BCUT2D eigenvalue weighted by molar-refractivity contribution is 5.89. The maximum atomic E-state index is 10.8. The van der Waals surface area contributed by atoms with Gasteiger partial charge < -0.3 is 19.8 Å². The van der Waals surface area contributed by atoms with Crippen molar-refractivity contribution in [2.45, 2.75) is 6.92 Å². The Hall–Kier alpha value is -2.62. The molecule has 0 aliphatic rings. The minimum absolute atomic E-state index is 0.0841. The third-order valence-corrected chi connectivity index (χ3v) is 2.87. The molecule has 0 saturated carbocycles. The first-order valence-corrected chi connectivity index (χ1v) is 5.63. The van der Waals surface area contributed by atoms with Crippen LogP contribution in [0.5, 0.6) is 0 Å². The molecule has 0 aliphatic heterocycles. The van der Waals surface area contributed by atoms with Crippen molar-refractivity contribution in [2.75, 3.05) is 0 Å². The van der Waals surface area contributed by atoms with Crippen LogP contribution in [0.4, 0.5) is 0 Å². The predicted octanol–water partition coefficient (Wildman–Crippen LogP) is 0.389. The Bertz CT molecular complexity index is 659. The Morgan fingerprint density at radius 2 is 1.53 bits per heavy atom. The van der Waals surface area contributed by atoms with Gasteiger partial charge in [-0.15, -0.1) is 0 Å². The van der Waals surface area contributed by atoms with E-state index in [4.69, 9.17) is 0 Å². The van der Waals surface area contributed by atoms with E-state index in [1.165, 1.54) is 24.3 Å². The van der Waals surface area contributed by atoms with Gasteiger partial charge in [0.15, 0.2) is 0 Å². The summed E-state index contributed by atoms with van der Waals surface area (Å²) in [6.45, 7) is 1.76. The summed E-state index contributed by atoms with van der Waals surface area (Å²) in [7, 11) is 0. The average molecular weight is 254 g/mol. The summed E-state index contributed by atoms with van der Waals surface area (Å²) >= 11 is 0. The topological polar surface area (TPSA) is 80.3 Å². The lowest BCUT2D eigenvalue weighted by Crippen LogP contribution is -2.22. The lowest BCUT2D eigenvalue weighted by molar-refractivity contribution is -0.256. The van der Waals surface area contributed by atoms with E-state index in [0.717, 1.165) is 11.1 Å². The van der Waals surface area contributed by atoms with Crippen LogP contribution in [-0.2, 0) is 0 Å². The van der Waals surface area contributed by atoms with Gasteiger partial charge in [-0.2, -0.15) is 0 Å². The van der Waals surface area contributed by atoms with Gasteiger partial charge in [-0.1, -0.05) is 30.3 Å². The molecule has 0 aromatic heterocycles. The number of aromatic carboxylic acids is 2. The monoisotopic (exact) mass is 254 g/mol. The molecule has 96 valence electrons. The van der Waals surface area contributed by atoms with Crippen LogP contribution in [0.15, 0.2) is 42.5 Å². The molecule has 0 aliphatic carbocycles. The highest BCUT2D eigenvalue weighted by Gasteiger charge is 2.05. The van der Waals surface area contributed by atoms with E-state index in [1.807, 2.05) is 0 Å². The number of carbonyl (C=O) groups is 2. The van der Waals surface area contributed by atoms with Gasteiger partial charge in [-0.05, 0) is 46.9 Å². The first-order chi connectivity index (χ1) is 8.99. The van der Waals surface area contributed by atoms with E-state index >= 15 is 0 Å². The Morgan fingerprint density at radius 3 is 2.11 bits per heavy atom. The lowest BCUT2D eigenvalue weighted by atomic mass is 9.97. The van der Waals surface area contributed by atoms with Crippen molar-refractivity contribution in [1.82, 2.24) is 0 Å². The number of aryl methyl sites for hydroxylation is 1. The van der Waals surface area contributed by atoms with Crippen molar-refractivity contribution < 1.29 is 19.8 Å². The second-order valence-electron chi connectivity index (χ2n) is 4.19. The molecule has 0 bridgehead atoms. The van der Waals surface area contributed by atoms with Gasteiger partial charge >= 0.3 is 0 Å². The summed E-state index contributed by atoms with van der Waals surface area (Å²) in [5.41, 5.74) is 2.38. The van der Waals surface area contributed by atoms with Crippen molar-refractivity contribution in [3.8, 4) is 11.1 Å². The molecule has 0 saturated heterocycles. The summed E-state index contributed by atoms with van der Waals surface area (Å²) in [6.07, 6.45) is 0. The Kier molecular flexibility index (Phi) is 3.33. The Morgan fingerprint density at radius 1 is 0.895 bits per heavy atom. The molecule has 0 unspecified atom stereocenters. The van der Waals surface area contributed by atoms with Gasteiger partial charge in [0.2, 0.25) is 0 Å². The first-order valence-electron chi connectivity index (χ1n) is 5.63. The minimum Gasteiger partial charge on any atom is -0.545 e. The molecule has 2 aromatic carbocycles. The number of rotatable bonds is 3. The second kappa shape index (κ2) is 4.94. The molecule has 19 heavy (non-hydrogen) atoms. The average Bonchev–Trinajstić information content (AvgIpc) is 2.38. The molecule has 0 heterocycles. The fourth-order valence-corrected chi connectivity index (χ4v) is 1.93. The van der Waals surface area contributed by atoms with Crippen LogP contribution in [0.3, 0.4) is 0 Å². The molecule has 2 aromatic rings. The van der Waals surface area contributed by atoms with Crippen LogP contribution in [0.1, 0.15) is 26.3 Å². The maximum Gasteiger partial charge on any atom is 0.0715 e. The number of hydrogen-bond acceptors (Lipinski definition) is 4. The van der Waals surface area contributed by atoms with Crippen LogP contribution in [0, 0.1) is 6.92 Å². The van der Waals surface area contributed by atoms with E-state index in [1.54, 1.807) is 25.1 Å². The van der Waals surface area contributed by atoms with Crippen molar-refractivity contribution in [3.63, 3.8) is 0 Å². The van der Waals surface area contributed by atoms with Crippen LogP contribution >= 0.6 is 0 Å². The molecular formula is C15H10O4-2. The van der Waals surface area contributed by atoms with Crippen molar-refractivity contribution in [2.24, 2.45) is 0 Å². The zero-order valence-corrected chi connectivity index (χ0v) is 10.2. The Labute approximate surface area is 109 Å². The fourth-order valence-electron chi connectivity index (χ4n) is 1.93. The second-order valence-corrected chi connectivity index (χ2v) is 4.19. The smallest absolute Gasteiger partial charge is 0.0715 e. The van der Waals surface area contributed by atoms with Gasteiger partial charge in [0.05, 0.1) is 11.9 Å². The fraction of sp³-hybridized carbons (Fsp3) is 0.0667. The number of carboxylic acid groups (broad SMARTS) is 2. The van der Waals surface area contributed by atoms with Crippen LogP contribution < -0.4 is 10.2 Å². The van der Waals surface area contributed by atoms with Gasteiger partial charge in [-0.3, -0.25) is 0 Å². The van der Waals surface area contributed by atoms with Gasteiger partial charge in [0.25, 0.3) is 0 Å². The lowest BCUT2D eigenvalue weighted by Gasteiger charge is -2.11. The predicted molar refractivity (Wildman–Crippen MR) is 65.3 cm³/mol. The van der Waals surface area contributed by atoms with Gasteiger partial charge in [0.1, 0.15) is 0 Å². The Balaban J connectivity index is 2.50. The molecule has 0 atom stereocenters. The molecule has 4 heteroatoms. The summed E-state index contributed by atoms with van der Waals surface area (Å²) in [5, 5.41) is 21.6. The molecule has 0 radical (unpaired) electrons. The van der Waals surface area contributed by atoms with E-state index < -0.39 is 11.9 Å². The highest BCUT2D eigenvalue weighted by Crippen LogP contribution is 2.25. The molecule has 4 nitrogen and oxygen atoms in total. The highest BCUT2D eigenvalue weighted by atomic mass is 16.4. The van der Waals surface area contributed by atoms with E-state index in [-0.39, 0.29) is 11.1 Å². The van der Waals surface area contributed by atoms with Crippen molar-refractivity contribution >= 4 is 11.9 Å². The first kappa shape index (κ1) is 12.8. The third kappa shape index (κ3) is 2.63. The van der Waals surface area contributed by atoms with Crippen LogP contribution in [0.2, 0.25) is 0 Å². The molecule has 0 fully saturated rings. The number of carboxylic acids is 2. The van der Waals surface area contributed by atoms with E-state index in [0.29, 0.717) is 5.56 Å². The summed E-state index contributed by atoms with van der Waals surface area (Å²) in [5.74, 6) is -2.48. The number of carbonyl (C=O) groups excluding carboxylic acids is 2. The largest absolute Gasteiger partial charge is 0.545 e. The van der Waals surface area contributed by atoms with Crippen LogP contribution in [-0.4, -0.2) is 11.9 Å². The molecular weight excluding hydrogens is 244 g/mol. The van der Waals surface area contributed by atoms with Crippen molar-refractivity contribution in [3.05, 3.63) is 59.2 Å². The van der Waals surface area contributed by atoms with Gasteiger partial charge in [-0.25, -0.2) is 0 Å². The van der Waals surface area contributed by atoms with Crippen molar-refractivity contribution in [1.29, 1.82) is 0 Å². The minimum atomic E-state index is -1.24. The molecule has 2 rings (SSSR count). The summed E-state index contributed by atoms with van der Waals surface area (Å²) < 4.78 is 0. The molecule has 0 amide bonds. The standard InChI is InChI=1S/C15H12O4/c1-9-7-12(15(18)19)5-6-13(9)10-3-2-4-11(8-10)14(16)17/h2-8H,1H3,(H,16,17)(H,18,19)/p-2. The van der Waals surface area contributed by atoms with Gasteiger partial charge in [0, 0.05) is 0 Å². The number of benzene rings is 2. The zero-order chi connectivity index (χ0) is 14.0. The summed E-state index contributed by atoms with van der Waals surface area (Å²) in [6, 6.07) is 10.9. The quantitative estimate of drug-likeness (QED) is 0.793. The zero-order valence-electron chi connectivity index (χ0n) is 10.2. The van der Waals surface area contributed by atoms with E-state index in [9.17, 15) is 19.8 Å². The van der Waals surface area contributed by atoms with Crippen LogP contribution in [0.25, 0.3) is 11.1 Å². The summed E-state index contributed by atoms with van der Waals surface area (Å²) in [4.78, 5) is 21.6.